The average molecular weight is 246 g/mol. The third-order valence-electron chi connectivity index (χ3n) is 2.58. The van der Waals surface area contributed by atoms with Crippen LogP contribution in [0.5, 0.6) is 0 Å². The maximum atomic E-state index is 12.0. The number of carbonyl (C=O) groups excluding carboxylic acids is 1. The van der Waals surface area contributed by atoms with E-state index < -0.39 is 0 Å². The van der Waals surface area contributed by atoms with Gasteiger partial charge in [0.25, 0.3) is 5.91 Å². The Labute approximate surface area is 104 Å². The zero-order chi connectivity index (χ0) is 12.4. The van der Waals surface area contributed by atoms with Crippen LogP contribution in [0.3, 0.4) is 0 Å². The lowest BCUT2D eigenvalue weighted by Gasteiger charge is -2.08. The van der Waals surface area contributed by atoms with Crippen molar-refractivity contribution in [1.29, 1.82) is 0 Å². The van der Waals surface area contributed by atoms with Crippen LogP contribution in [0.2, 0.25) is 0 Å². The molecule has 1 aromatic carbocycles. The SMILES string of the molecule is Cc1ccc(N)cc1NC(=O)c1sccc1C. The Morgan fingerprint density at radius 2 is 2.00 bits per heavy atom. The van der Waals surface area contributed by atoms with Crippen LogP contribution in [0.25, 0.3) is 0 Å². The van der Waals surface area contributed by atoms with Crippen LogP contribution >= 0.6 is 11.3 Å². The Balaban J connectivity index is 2.24. The number of nitrogen functional groups attached to an aromatic ring is 1. The van der Waals surface area contributed by atoms with Crippen LogP contribution in [0.4, 0.5) is 11.4 Å². The molecule has 0 fully saturated rings. The van der Waals surface area contributed by atoms with Crippen molar-refractivity contribution >= 4 is 28.6 Å². The van der Waals surface area contributed by atoms with Crippen molar-refractivity contribution in [3.8, 4) is 0 Å². The van der Waals surface area contributed by atoms with Gasteiger partial charge in [0.05, 0.1) is 4.88 Å². The van der Waals surface area contributed by atoms with E-state index in [1.165, 1.54) is 11.3 Å². The summed E-state index contributed by atoms with van der Waals surface area (Å²) in [4.78, 5) is 12.8. The van der Waals surface area contributed by atoms with Gasteiger partial charge in [-0.1, -0.05) is 6.07 Å². The van der Waals surface area contributed by atoms with Crippen molar-refractivity contribution in [3.63, 3.8) is 0 Å². The maximum Gasteiger partial charge on any atom is 0.266 e. The topological polar surface area (TPSA) is 55.1 Å². The molecule has 0 bridgehead atoms. The molecule has 2 aromatic rings. The first kappa shape index (κ1) is 11.7. The second kappa shape index (κ2) is 4.59. The molecule has 0 atom stereocenters. The molecule has 0 aliphatic carbocycles. The van der Waals surface area contributed by atoms with Gasteiger partial charge < -0.3 is 11.1 Å². The number of hydrogen-bond donors (Lipinski definition) is 2. The van der Waals surface area contributed by atoms with Gasteiger partial charge in [-0.3, -0.25) is 4.79 Å². The standard InChI is InChI=1S/C13H14N2OS/c1-8-3-4-10(14)7-11(8)15-13(16)12-9(2)5-6-17-12/h3-7H,14H2,1-2H3,(H,15,16). The van der Waals surface area contributed by atoms with Crippen LogP contribution in [0, 0.1) is 13.8 Å². The molecule has 0 unspecified atom stereocenters. The van der Waals surface area contributed by atoms with Gasteiger partial charge in [0.15, 0.2) is 0 Å². The maximum absolute atomic E-state index is 12.0. The quantitative estimate of drug-likeness (QED) is 0.799. The molecule has 0 spiro atoms. The molecule has 0 radical (unpaired) electrons. The molecule has 0 saturated heterocycles. The van der Waals surface area contributed by atoms with E-state index in [9.17, 15) is 4.79 Å². The fourth-order valence-electron chi connectivity index (χ4n) is 1.56. The minimum Gasteiger partial charge on any atom is -0.399 e. The number of carbonyl (C=O) groups is 1. The number of amides is 1. The first-order chi connectivity index (χ1) is 8.08. The van der Waals surface area contributed by atoms with Crippen molar-refractivity contribution < 1.29 is 4.79 Å². The monoisotopic (exact) mass is 246 g/mol. The Bertz CT molecular complexity index is 560. The summed E-state index contributed by atoms with van der Waals surface area (Å²) < 4.78 is 0. The van der Waals surface area contributed by atoms with Gasteiger partial charge in [-0.25, -0.2) is 0 Å². The zero-order valence-corrected chi connectivity index (χ0v) is 10.6. The van der Waals surface area contributed by atoms with E-state index in [0.717, 1.165) is 21.7 Å². The molecule has 0 saturated carbocycles. The highest BCUT2D eigenvalue weighted by Crippen LogP contribution is 2.21. The fraction of sp³-hybridized carbons (Fsp3) is 0.154. The number of aryl methyl sites for hydroxylation is 2. The first-order valence-corrected chi connectivity index (χ1v) is 6.17. The van der Waals surface area contributed by atoms with Crippen LogP contribution in [0.15, 0.2) is 29.6 Å². The predicted octanol–water partition coefficient (Wildman–Crippen LogP) is 3.20. The van der Waals surface area contributed by atoms with Gasteiger partial charge in [0.1, 0.15) is 0 Å². The smallest absolute Gasteiger partial charge is 0.266 e. The first-order valence-electron chi connectivity index (χ1n) is 5.29. The largest absolute Gasteiger partial charge is 0.399 e. The summed E-state index contributed by atoms with van der Waals surface area (Å²) in [5, 5.41) is 4.80. The van der Waals surface area contributed by atoms with Gasteiger partial charge in [-0.15, -0.1) is 11.3 Å². The molecule has 0 aliphatic heterocycles. The number of anilines is 2. The molecular weight excluding hydrogens is 232 g/mol. The number of rotatable bonds is 2. The van der Waals surface area contributed by atoms with E-state index >= 15 is 0 Å². The predicted molar refractivity (Wildman–Crippen MR) is 72.6 cm³/mol. The molecule has 17 heavy (non-hydrogen) atoms. The number of thiophene rings is 1. The summed E-state index contributed by atoms with van der Waals surface area (Å²) in [5.74, 6) is -0.0776. The van der Waals surface area contributed by atoms with E-state index in [2.05, 4.69) is 5.32 Å². The molecule has 1 aromatic heterocycles. The lowest BCUT2D eigenvalue weighted by Crippen LogP contribution is -2.12. The normalized spacial score (nSPS) is 10.2. The van der Waals surface area contributed by atoms with Crippen LogP contribution in [-0.4, -0.2) is 5.91 Å². The highest BCUT2D eigenvalue weighted by molar-refractivity contribution is 7.12. The third-order valence-corrected chi connectivity index (χ3v) is 3.59. The molecule has 4 heteroatoms. The van der Waals surface area contributed by atoms with Crippen LogP contribution < -0.4 is 11.1 Å². The Morgan fingerprint density at radius 1 is 1.24 bits per heavy atom. The fourth-order valence-corrected chi connectivity index (χ4v) is 2.38. The van der Waals surface area contributed by atoms with Gasteiger partial charge in [0.2, 0.25) is 0 Å². The summed E-state index contributed by atoms with van der Waals surface area (Å²) in [7, 11) is 0. The molecule has 88 valence electrons. The highest BCUT2D eigenvalue weighted by atomic mass is 32.1. The van der Waals surface area contributed by atoms with Crippen molar-refractivity contribution in [2.45, 2.75) is 13.8 Å². The Morgan fingerprint density at radius 3 is 2.65 bits per heavy atom. The van der Waals surface area contributed by atoms with E-state index in [1.807, 2.05) is 37.4 Å². The zero-order valence-electron chi connectivity index (χ0n) is 9.78. The third kappa shape index (κ3) is 2.47. The Hall–Kier alpha value is -1.81. The molecule has 3 N–H and O–H groups in total. The van der Waals surface area contributed by atoms with E-state index in [4.69, 9.17) is 5.73 Å². The van der Waals surface area contributed by atoms with Gasteiger partial charge >= 0.3 is 0 Å². The Kier molecular flexibility index (Phi) is 3.15. The van der Waals surface area contributed by atoms with Gasteiger partial charge in [-0.05, 0) is 48.6 Å². The summed E-state index contributed by atoms with van der Waals surface area (Å²) in [5.41, 5.74) is 9.11. The van der Waals surface area contributed by atoms with Gasteiger partial charge in [-0.2, -0.15) is 0 Å². The lowest BCUT2D eigenvalue weighted by atomic mass is 10.1. The summed E-state index contributed by atoms with van der Waals surface area (Å²) in [6.45, 7) is 3.87. The molecular formula is C13H14N2OS. The number of benzene rings is 1. The number of nitrogens with one attached hydrogen (secondary N) is 1. The average Bonchev–Trinajstić information content (AvgIpc) is 2.70. The van der Waals surface area contributed by atoms with E-state index in [0.29, 0.717) is 5.69 Å². The minimum absolute atomic E-state index is 0.0776. The summed E-state index contributed by atoms with van der Waals surface area (Å²) in [6, 6.07) is 7.43. The second-order valence-corrected chi connectivity index (χ2v) is 4.88. The summed E-state index contributed by atoms with van der Waals surface area (Å²) in [6.07, 6.45) is 0. The minimum atomic E-state index is -0.0776. The number of hydrogen-bond acceptors (Lipinski definition) is 3. The van der Waals surface area contributed by atoms with E-state index in [1.54, 1.807) is 6.07 Å². The highest BCUT2D eigenvalue weighted by Gasteiger charge is 2.11. The van der Waals surface area contributed by atoms with Crippen molar-refractivity contribution in [2.24, 2.45) is 0 Å². The van der Waals surface area contributed by atoms with Crippen LogP contribution in [0.1, 0.15) is 20.8 Å². The second-order valence-electron chi connectivity index (χ2n) is 3.96. The molecule has 1 heterocycles. The molecule has 1 amide bonds. The lowest BCUT2D eigenvalue weighted by molar-refractivity contribution is 0.103. The van der Waals surface area contributed by atoms with Gasteiger partial charge in [0, 0.05) is 11.4 Å². The van der Waals surface area contributed by atoms with Crippen LogP contribution in [-0.2, 0) is 0 Å². The van der Waals surface area contributed by atoms with Crippen molar-refractivity contribution in [3.05, 3.63) is 45.6 Å². The molecule has 0 aliphatic rings. The van der Waals surface area contributed by atoms with E-state index in [-0.39, 0.29) is 5.91 Å². The van der Waals surface area contributed by atoms with Crippen molar-refractivity contribution in [2.75, 3.05) is 11.1 Å². The summed E-state index contributed by atoms with van der Waals surface area (Å²) >= 11 is 1.44. The number of nitrogens with two attached hydrogens (primary N) is 1. The van der Waals surface area contributed by atoms with Crippen molar-refractivity contribution in [1.82, 2.24) is 0 Å². The molecule has 2 rings (SSSR count). The molecule has 3 nitrogen and oxygen atoms in total.